The third kappa shape index (κ3) is 4.43. The summed E-state index contributed by atoms with van der Waals surface area (Å²) in [6.07, 6.45) is 0. The molecule has 7 nitrogen and oxygen atoms in total. The van der Waals surface area contributed by atoms with Crippen LogP contribution in [0.2, 0.25) is 0 Å². The predicted molar refractivity (Wildman–Crippen MR) is 103 cm³/mol. The van der Waals surface area contributed by atoms with Crippen molar-refractivity contribution in [3.63, 3.8) is 0 Å². The first-order valence-corrected chi connectivity index (χ1v) is 10.4. The maximum absolute atomic E-state index is 12.1. The molecule has 0 aliphatic rings. The Balaban J connectivity index is 1.56. The van der Waals surface area contributed by atoms with E-state index in [0.717, 1.165) is 16.9 Å². The van der Waals surface area contributed by atoms with Crippen LogP contribution in [0, 0.1) is 0 Å². The SMILES string of the molecule is C[C@@H](SCC(=O)Nc1ccc(S(N)(=O)=O)cc1)c1nc2ccccc2[nH]1. The Kier molecular flexibility index (Phi) is 5.30. The van der Waals surface area contributed by atoms with Gasteiger partial charge in [-0.15, -0.1) is 11.8 Å². The first-order valence-electron chi connectivity index (χ1n) is 7.82. The highest BCUT2D eigenvalue weighted by Gasteiger charge is 2.14. The number of hydrogen-bond donors (Lipinski definition) is 3. The number of hydrogen-bond acceptors (Lipinski definition) is 5. The quantitative estimate of drug-likeness (QED) is 0.598. The molecular formula is C17H18N4O3S2. The maximum Gasteiger partial charge on any atom is 0.238 e. The maximum atomic E-state index is 12.1. The largest absolute Gasteiger partial charge is 0.341 e. The standard InChI is InChI=1S/C17H18N4O3S2/c1-11(17-20-14-4-2-3-5-15(14)21-17)25-10-16(22)19-12-6-8-13(9-7-12)26(18,23)24/h2-9,11H,10H2,1H3,(H,19,22)(H,20,21)(H2,18,23,24)/t11-/m1/s1. The first kappa shape index (κ1) is 18.4. The highest BCUT2D eigenvalue weighted by molar-refractivity contribution is 8.00. The van der Waals surface area contributed by atoms with Crippen LogP contribution < -0.4 is 10.5 Å². The molecule has 0 radical (unpaired) electrons. The number of anilines is 1. The zero-order chi connectivity index (χ0) is 18.7. The summed E-state index contributed by atoms with van der Waals surface area (Å²) in [6.45, 7) is 1.98. The number of H-pyrrole nitrogens is 1. The Hall–Kier alpha value is -2.36. The van der Waals surface area contributed by atoms with Crippen molar-refractivity contribution in [3.05, 3.63) is 54.4 Å². The van der Waals surface area contributed by atoms with Crippen molar-refractivity contribution >= 4 is 44.4 Å². The molecule has 3 rings (SSSR count). The average Bonchev–Trinajstić information content (AvgIpc) is 3.03. The molecular weight excluding hydrogens is 372 g/mol. The van der Waals surface area contributed by atoms with Crippen LogP contribution in [0.1, 0.15) is 18.0 Å². The average molecular weight is 390 g/mol. The zero-order valence-corrected chi connectivity index (χ0v) is 15.6. The summed E-state index contributed by atoms with van der Waals surface area (Å²) in [7, 11) is -3.74. The lowest BCUT2D eigenvalue weighted by Gasteiger charge is -2.09. The van der Waals surface area contributed by atoms with Gasteiger partial charge in [-0.25, -0.2) is 18.5 Å². The number of nitrogens with zero attached hydrogens (tertiary/aromatic N) is 1. The summed E-state index contributed by atoms with van der Waals surface area (Å²) in [5, 5.41) is 7.80. The number of nitrogens with one attached hydrogen (secondary N) is 2. The minimum absolute atomic E-state index is 0.00313. The molecule has 1 atom stereocenters. The van der Waals surface area contributed by atoms with E-state index in [1.54, 1.807) is 0 Å². The normalized spacial score (nSPS) is 12.8. The van der Waals surface area contributed by atoms with Gasteiger partial charge in [-0.2, -0.15) is 0 Å². The predicted octanol–water partition coefficient (Wildman–Crippen LogP) is 2.64. The highest BCUT2D eigenvalue weighted by Crippen LogP contribution is 2.27. The number of para-hydroxylation sites is 2. The number of rotatable bonds is 6. The van der Waals surface area contributed by atoms with Gasteiger partial charge in [-0.1, -0.05) is 12.1 Å². The van der Waals surface area contributed by atoms with E-state index in [4.69, 9.17) is 5.14 Å². The van der Waals surface area contributed by atoms with Crippen LogP contribution in [0.3, 0.4) is 0 Å². The van der Waals surface area contributed by atoms with Gasteiger partial charge in [0.1, 0.15) is 5.82 Å². The number of carbonyl (C=O) groups is 1. The molecule has 0 aliphatic heterocycles. The topological polar surface area (TPSA) is 118 Å². The molecule has 0 spiro atoms. The number of thioether (sulfide) groups is 1. The van der Waals surface area contributed by atoms with E-state index in [0.29, 0.717) is 5.69 Å². The molecule has 3 aromatic rings. The van der Waals surface area contributed by atoms with Crippen molar-refractivity contribution in [1.29, 1.82) is 0 Å². The Bertz CT molecular complexity index is 997. The van der Waals surface area contributed by atoms with Gasteiger partial charge >= 0.3 is 0 Å². The van der Waals surface area contributed by atoms with E-state index in [1.165, 1.54) is 36.0 Å². The van der Waals surface area contributed by atoms with Gasteiger partial charge in [0.25, 0.3) is 0 Å². The second-order valence-electron chi connectivity index (χ2n) is 5.71. The number of nitrogens with two attached hydrogens (primary N) is 1. The molecule has 4 N–H and O–H groups in total. The van der Waals surface area contributed by atoms with Gasteiger partial charge in [0.05, 0.1) is 26.9 Å². The van der Waals surface area contributed by atoms with Crippen LogP contribution in [-0.4, -0.2) is 30.0 Å². The molecule has 0 saturated heterocycles. The zero-order valence-electron chi connectivity index (χ0n) is 14.0. The molecule has 1 aromatic heterocycles. The van der Waals surface area contributed by atoms with Crippen molar-refractivity contribution in [3.8, 4) is 0 Å². The van der Waals surface area contributed by atoms with E-state index >= 15 is 0 Å². The van der Waals surface area contributed by atoms with Gasteiger partial charge in [-0.05, 0) is 43.3 Å². The third-order valence-corrected chi connectivity index (χ3v) is 5.81. The van der Waals surface area contributed by atoms with Crippen LogP contribution in [0.4, 0.5) is 5.69 Å². The third-order valence-electron chi connectivity index (χ3n) is 3.72. The molecule has 1 amide bonds. The van der Waals surface area contributed by atoms with Crippen molar-refractivity contribution in [2.45, 2.75) is 17.1 Å². The number of benzene rings is 2. The van der Waals surface area contributed by atoms with Crippen LogP contribution >= 0.6 is 11.8 Å². The smallest absolute Gasteiger partial charge is 0.238 e. The van der Waals surface area contributed by atoms with E-state index < -0.39 is 10.0 Å². The number of aromatic amines is 1. The minimum atomic E-state index is -3.74. The summed E-state index contributed by atoms with van der Waals surface area (Å²) in [4.78, 5) is 19.9. The number of fused-ring (bicyclic) bond motifs is 1. The molecule has 0 unspecified atom stereocenters. The summed E-state index contributed by atoms with van der Waals surface area (Å²) in [5.74, 6) is 0.887. The molecule has 1 heterocycles. The Morgan fingerprint density at radius 1 is 1.23 bits per heavy atom. The van der Waals surface area contributed by atoms with E-state index in [1.807, 2.05) is 31.2 Å². The van der Waals surface area contributed by atoms with Gasteiger partial charge in [-0.3, -0.25) is 4.79 Å². The second-order valence-corrected chi connectivity index (χ2v) is 8.60. The van der Waals surface area contributed by atoms with E-state index in [-0.39, 0.29) is 21.8 Å². The van der Waals surface area contributed by atoms with E-state index in [2.05, 4.69) is 15.3 Å². The number of sulfonamides is 1. The molecule has 0 saturated carbocycles. The lowest BCUT2D eigenvalue weighted by molar-refractivity contribution is -0.113. The number of carbonyl (C=O) groups excluding carboxylic acids is 1. The van der Waals surface area contributed by atoms with Crippen molar-refractivity contribution in [2.24, 2.45) is 5.14 Å². The highest BCUT2D eigenvalue weighted by atomic mass is 32.2. The number of amides is 1. The summed E-state index contributed by atoms with van der Waals surface area (Å²) in [6, 6.07) is 13.5. The summed E-state index contributed by atoms with van der Waals surface area (Å²) < 4.78 is 22.4. The van der Waals surface area contributed by atoms with Crippen molar-refractivity contribution in [2.75, 3.05) is 11.1 Å². The molecule has 9 heteroatoms. The molecule has 0 bridgehead atoms. The van der Waals surface area contributed by atoms with Gasteiger partial charge in [0, 0.05) is 5.69 Å². The fourth-order valence-corrected chi connectivity index (χ4v) is 3.63. The van der Waals surface area contributed by atoms with Crippen LogP contribution in [0.15, 0.2) is 53.4 Å². The van der Waals surface area contributed by atoms with Gasteiger partial charge in [0.15, 0.2) is 0 Å². The minimum Gasteiger partial charge on any atom is -0.341 e. The number of aromatic nitrogens is 2. The lowest BCUT2D eigenvalue weighted by Crippen LogP contribution is -2.15. The number of imidazole rings is 1. The summed E-state index contributed by atoms with van der Waals surface area (Å²) in [5.41, 5.74) is 2.38. The van der Waals surface area contributed by atoms with Crippen LogP contribution in [0.25, 0.3) is 11.0 Å². The van der Waals surface area contributed by atoms with Gasteiger partial charge < -0.3 is 10.3 Å². The second kappa shape index (κ2) is 7.48. The molecule has 0 fully saturated rings. The number of primary sulfonamides is 1. The van der Waals surface area contributed by atoms with Crippen LogP contribution in [0.5, 0.6) is 0 Å². The van der Waals surface area contributed by atoms with Crippen molar-refractivity contribution < 1.29 is 13.2 Å². The first-order chi connectivity index (χ1) is 12.3. The fraction of sp³-hybridized carbons (Fsp3) is 0.176. The molecule has 2 aromatic carbocycles. The molecule has 136 valence electrons. The van der Waals surface area contributed by atoms with Gasteiger partial charge in [0.2, 0.25) is 15.9 Å². The lowest BCUT2D eigenvalue weighted by atomic mass is 10.3. The summed E-state index contributed by atoms with van der Waals surface area (Å²) >= 11 is 1.46. The van der Waals surface area contributed by atoms with Crippen LogP contribution in [-0.2, 0) is 14.8 Å². The monoisotopic (exact) mass is 390 g/mol. The van der Waals surface area contributed by atoms with E-state index in [9.17, 15) is 13.2 Å². The molecule has 26 heavy (non-hydrogen) atoms. The molecule has 0 aliphatic carbocycles. The van der Waals surface area contributed by atoms with Crippen molar-refractivity contribution in [1.82, 2.24) is 9.97 Å². The Morgan fingerprint density at radius 2 is 1.92 bits per heavy atom. The fourth-order valence-electron chi connectivity index (χ4n) is 2.37. The Labute approximate surface area is 155 Å². The Morgan fingerprint density at radius 3 is 2.58 bits per heavy atom.